The van der Waals surface area contributed by atoms with Crippen LogP contribution in [0.1, 0.15) is 73.6 Å². The second-order valence-electron chi connectivity index (χ2n) is 27.8. The number of fused-ring (bicyclic) bond motifs is 4. The van der Waals surface area contributed by atoms with Crippen molar-refractivity contribution in [1.29, 1.82) is 0 Å². The maximum atomic E-state index is 11.4. The summed E-state index contributed by atoms with van der Waals surface area (Å²) in [7, 11) is 0. The average Bonchev–Trinajstić information content (AvgIpc) is 1.61. The lowest BCUT2D eigenvalue weighted by molar-refractivity contribution is 0.0992. The first-order valence-electron chi connectivity index (χ1n) is 36.8. The number of likely N-dealkylation sites (N-methyl/N-ethyl adjacent to an activating group) is 1. The number of imidazole rings is 3. The largest absolute Gasteiger partial charge is 0.369 e. The number of aromatic amines is 1. The Morgan fingerprint density at radius 3 is 1.25 bits per heavy atom. The molecule has 0 radical (unpaired) electrons. The third-order valence-electron chi connectivity index (χ3n) is 21.2. The van der Waals surface area contributed by atoms with Crippen molar-refractivity contribution in [2.75, 3.05) is 116 Å². The van der Waals surface area contributed by atoms with Gasteiger partial charge in [-0.3, -0.25) is 32.6 Å². The van der Waals surface area contributed by atoms with Gasteiger partial charge in [0.15, 0.2) is 16.9 Å². The van der Waals surface area contributed by atoms with Crippen LogP contribution in [0.15, 0.2) is 225 Å². The summed E-state index contributed by atoms with van der Waals surface area (Å²) in [6, 6.07) is 63.3. The molecule has 6 aromatic carbocycles. The lowest BCUT2D eigenvalue weighted by Gasteiger charge is -2.41. The lowest BCUT2D eigenvalue weighted by Crippen LogP contribution is -2.50. The Morgan fingerprint density at radius 2 is 0.846 bits per heavy atom. The normalized spacial score (nSPS) is 15.6. The van der Waals surface area contributed by atoms with Gasteiger partial charge >= 0.3 is 0 Å². The number of nitrogens with two attached hydrogens (primary N) is 2. The van der Waals surface area contributed by atoms with E-state index in [0.717, 1.165) is 168 Å². The monoisotopic (exact) mass is 1380 g/mol. The molecule has 17 rings (SSSR count). The van der Waals surface area contributed by atoms with Crippen LogP contribution in [0.25, 0.3) is 61.6 Å². The SMILES string of the molecule is CC(C)N1CCN(c2ccc(Nc3ccc(-c4ccc5cc[nH]c5c4)n4ccnc34)cc2)CC1.CCN1CCN(c2ccc(Nc3ccc(-c4ccc(C(N)=O)cc4)n4ccnc34)cc2)CC1.NC(=O)c1ccc(-c2ccc(Nc3ccc(N4CCN(C5CCCCC5)CC4)cc3)c3nccn23)cc1. The second kappa shape index (κ2) is 31.0. The van der Waals surface area contributed by atoms with Crippen LogP contribution >= 0.6 is 0 Å². The molecule has 0 atom stereocenters. The topological polar surface area (TPSA) is 209 Å². The van der Waals surface area contributed by atoms with Gasteiger partial charge in [-0.05, 0) is 195 Å². The zero-order valence-corrected chi connectivity index (χ0v) is 59.6. The first-order valence-corrected chi connectivity index (χ1v) is 36.8. The highest BCUT2D eigenvalue weighted by atomic mass is 16.1. The van der Waals surface area contributed by atoms with Crippen molar-refractivity contribution in [2.24, 2.45) is 11.5 Å². The fourth-order valence-corrected chi connectivity index (χ4v) is 15.2. The number of primary amides is 2. The predicted octanol–water partition coefficient (Wildman–Crippen LogP) is 15.0. The number of rotatable bonds is 17. The molecule has 1 aliphatic carbocycles. The third kappa shape index (κ3) is 15.2. The molecule has 20 heteroatoms. The van der Waals surface area contributed by atoms with Crippen LogP contribution in [0.4, 0.5) is 51.2 Å². The first-order chi connectivity index (χ1) is 50.9. The van der Waals surface area contributed by atoms with Crippen molar-refractivity contribution in [3.05, 3.63) is 236 Å². The quantitative estimate of drug-likeness (QED) is 0.0501. The molecule has 4 fully saturated rings. The standard InChI is InChI=1S/C30H34N6O.C28H30N6.C26H28N6O/c31-29(37)23-8-6-22(7-9-23)28-15-14-27(30-32-16-17-36(28)30)33-24-10-12-26(13-11-24)35-20-18-34(19-21-35)25-4-2-1-3-5-25;1-20(2)32-15-17-33(18-16-32)24-7-5-23(6-8-24)31-25-9-10-27(34-14-13-30-28(25)34)22-4-3-21-11-12-29-26(21)19-22;1-2-30-15-17-31(18-16-30)22-9-7-21(8-10-22)29-23-11-12-24(32-14-13-28-26(23)32)19-3-5-20(6-4-19)25(27)33/h6-17,25,33H,1-5,18-21H2,(H2,31,37);3-14,19-20,29,31H,15-18H2,1-2H3;3-14,29H,2,15-18H2,1H3,(H2,27,33). The number of nitrogens with zero attached hydrogens (tertiary/aromatic N) is 12. The summed E-state index contributed by atoms with van der Waals surface area (Å²) in [6.07, 6.45) is 20.3. The van der Waals surface area contributed by atoms with Gasteiger partial charge in [0.25, 0.3) is 0 Å². The molecule has 104 heavy (non-hydrogen) atoms. The molecular weight excluding hydrogens is 1290 g/mol. The van der Waals surface area contributed by atoms with E-state index in [1.165, 1.54) is 67.6 Å². The van der Waals surface area contributed by atoms with Crippen LogP contribution in [-0.2, 0) is 0 Å². The Morgan fingerprint density at radius 1 is 0.452 bits per heavy atom. The van der Waals surface area contributed by atoms with Gasteiger partial charge in [-0.25, -0.2) is 15.0 Å². The third-order valence-corrected chi connectivity index (χ3v) is 21.2. The molecule has 2 amide bonds. The number of amides is 2. The van der Waals surface area contributed by atoms with Crippen LogP contribution in [0.5, 0.6) is 0 Å². The summed E-state index contributed by atoms with van der Waals surface area (Å²) < 4.78 is 6.25. The van der Waals surface area contributed by atoms with Crippen LogP contribution in [-0.4, -0.2) is 157 Å². The number of anilines is 9. The number of aromatic nitrogens is 7. The van der Waals surface area contributed by atoms with Gasteiger partial charge in [0, 0.05) is 190 Å². The van der Waals surface area contributed by atoms with Gasteiger partial charge in [-0.1, -0.05) is 62.6 Å². The van der Waals surface area contributed by atoms with E-state index < -0.39 is 11.8 Å². The maximum absolute atomic E-state index is 11.4. The molecule has 0 spiro atoms. The Balaban J connectivity index is 0.000000126. The number of benzene rings is 6. The molecule has 13 aromatic rings. The van der Waals surface area contributed by atoms with E-state index in [0.29, 0.717) is 17.2 Å². The number of carbonyl (C=O) groups excluding carboxylic acids is 2. The summed E-state index contributed by atoms with van der Waals surface area (Å²) in [6.45, 7) is 21.2. The Hall–Kier alpha value is -11.5. The fraction of sp³-hybridized carbons (Fsp3) is 0.274. The molecule has 4 aliphatic rings. The number of H-pyrrole nitrogens is 1. The van der Waals surface area contributed by atoms with Crippen molar-refractivity contribution in [2.45, 2.75) is 65.0 Å². The number of piperazine rings is 3. The van der Waals surface area contributed by atoms with Gasteiger partial charge in [-0.2, -0.15) is 0 Å². The van der Waals surface area contributed by atoms with E-state index in [-0.39, 0.29) is 0 Å². The highest BCUT2D eigenvalue weighted by Crippen LogP contribution is 2.35. The molecule has 530 valence electrons. The van der Waals surface area contributed by atoms with Crippen LogP contribution in [0.2, 0.25) is 0 Å². The highest BCUT2D eigenvalue weighted by molar-refractivity contribution is 5.94. The minimum atomic E-state index is -0.428. The van der Waals surface area contributed by atoms with Crippen LogP contribution < -0.4 is 42.1 Å². The van der Waals surface area contributed by atoms with E-state index >= 15 is 0 Å². The van der Waals surface area contributed by atoms with E-state index in [4.69, 9.17) is 11.5 Å². The van der Waals surface area contributed by atoms with Gasteiger partial charge in [0.1, 0.15) is 0 Å². The smallest absolute Gasteiger partial charge is 0.248 e. The number of hydrogen-bond acceptors (Lipinski definition) is 14. The van der Waals surface area contributed by atoms with Gasteiger partial charge < -0.3 is 52.0 Å². The second-order valence-corrected chi connectivity index (χ2v) is 27.8. The summed E-state index contributed by atoms with van der Waals surface area (Å²) in [5.41, 5.74) is 31.6. The van der Waals surface area contributed by atoms with Gasteiger partial charge in [-0.15, -0.1) is 0 Å². The molecule has 20 nitrogen and oxygen atoms in total. The first kappa shape index (κ1) is 68.3. The Labute approximate surface area is 607 Å². The molecule has 3 aliphatic heterocycles. The highest BCUT2D eigenvalue weighted by Gasteiger charge is 2.26. The molecular formula is C84H92N18O2. The van der Waals surface area contributed by atoms with Crippen molar-refractivity contribution in [1.82, 2.24) is 47.8 Å². The van der Waals surface area contributed by atoms with Crippen LogP contribution in [0, 0.1) is 0 Å². The predicted molar refractivity (Wildman–Crippen MR) is 424 cm³/mol. The van der Waals surface area contributed by atoms with Crippen LogP contribution in [0.3, 0.4) is 0 Å². The summed E-state index contributed by atoms with van der Waals surface area (Å²) in [4.78, 5) is 55.1. The molecule has 0 unspecified atom stereocenters. The number of carbonyl (C=O) groups is 2. The maximum Gasteiger partial charge on any atom is 0.248 e. The zero-order chi connectivity index (χ0) is 71.0. The zero-order valence-electron chi connectivity index (χ0n) is 59.6. The number of nitrogens with one attached hydrogen (secondary N) is 4. The molecule has 8 N–H and O–H groups in total. The lowest BCUT2D eigenvalue weighted by atomic mass is 9.94. The minimum Gasteiger partial charge on any atom is -0.369 e. The number of pyridine rings is 3. The summed E-state index contributed by atoms with van der Waals surface area (Å²) in [5, 5.41) is 11.8. The van der Waals surface area contributed by atoms with Gasteiger partial charge in [0.05, 0.1) is 34.1 Å². The number of hydrogen-bond donors (Lipinski definition) is 6. The molecule has 0 bridgehead atoms. The minimum absolute atomic E-state index is 0.424. The molecule has 10 heterocycles. The molecule has 3 saturated heterocycles. The summed E-state index contributed by atoms with van der Waals surface area (Å²) >= 11 is 0. The van der Waals surface area contributed by atoms with E-state index in [2.05, 4.69) is 222 Å². The van der Waals surface area contributed by atoms with Crippen molar-refractivity contribution in [3.63, 3.8) is 0 Å². The molecule has 1 saturated carbocycles. The van der Waals surface area contributed by atoms with Crippen molar-refractivity contribution in [3.8, 4) is 33.8 Å². The van der Waals surface area contributed by atoms with Crippen molar-refractivity contribution >= 4 is 90.8 Å². The average molecular weight is 1390 g/mol. The van der Waals surface area contributed by atoms with E-state index in [1.807, 2.05) is 65.7 Å². The fourth-order valence-electron chi connectivity index (χ4n) is 15.2. The molecule has 7 aromatic heterocycles. The van der Waals surface area contributed by atoms with Gasteiger partial charge in [0.2, 0.25) is 11.8 Å². The summed E-state index contributed by atoms with van der Waals surface area (Å²) in [5.74, 6) is -0.852. The Bertz CT molecular complexity index is 5050. The van der Waals surface area contributed by atoms with Crippen molar-refractivity contribution < 1.29 is 9.59 Å². The Kier molecular flexibility index (Phi) is 20.4. The van der Waals surface area contributed by atoms with E-state index in [1.54, 1.807) is 36.7 Å². The van der Waals surface area contributed by atoms with E-state index in [9.17, 15) is 9.59 Å².